The number of carbonyl (C=O) groups is 1. The minimum absolute atomic E-state index is 0.156. The average Bonchev–Trinajstić information content (AvgIpc) is 2.94. The van der Waals surface area contributed by atoms with Crippen molar-refractivity contribution >= 4 is 11.6 Å². The molecule has 1 aliphatic heterocycles. The van der Waals surface area contributed by atoms with Gasteiger partial charge in [0.05, 0.1) is 6.10 Å². The van der Waals surface area contributed by atoms with Gasteiger partial charge in [-0.1, -0.05) is 43.5 Å². The molecular weight excluding hydrogens is 512 g/mol. The predicted octanol–water partition coefficient (Wildman–Crippen LogP) is 5.23. The number of nitrogens with one attached hydrogen (secondary N) is 2. The van der Waals surface area contributed by atoms with Crippen LogP contribution in [0.3, 0.4) is 0 Å². The highest BCUT2D eigenvalue weighted by molar-refractivity contribution is 5.99. The van der Waals surface area contributed by atoms with Gasteiger partial charge in [0.2, 0.25) is 0 Å². The number of aromatic amines is 1. The summed E-state index contributed by atoms with van der Waals surface area (Å²) in [6, 6.07) is 15.2. The van der Waals surface area contributed by atoms with E-state index in [0.717, 1.165) is 59.8 Å². The molecule has 7 heteroatoms. The van der Waals surface area contributed by atoms with Crippen LogP contribution < -0.4 is 15.8 Å². The molecule has 1 aliphatic carbocycles. The number of hydrogen-bond acceptors (Lipinski definition) is 5. The molecule has 0 spiro atoms. The number of benzene rings is 2. The zero-order chi connectivity index (χ0) is 29.1. The van der Waals surface area contributed by atoms with Crippen LogP contribution in [0.2, 0.25) is 0 Å². The molecule has 2 heterocycles. The van der Waals surface area contributed by atoms with E-state index in [1.807, 2.05) is 32.9 Å². The number of pyridine rings is 1. The van der Waals surface area contributed by atoms with Crippen molar-refractivity contribution in [3.05, 3.63) is 86.3 Å². The Labute approximate surface area is 243 Å². The highest BCUT2D eigenvalue weighted by Crippen LogP contribution is 2.35. The summed E-state index contributed by atoms with van der Waals surface area (Å²) in [7, 11) is 0. The largest absolute Gasteiger partial charge is 0.390 e. The van der Waals surface area contributed by atoms with Crippen molar-refractivity contribution < 1.29 is 9.90 Å². The van der Waals surface area contributed by atoms with Gasteiger partial charge in [0, 0.05) is 61.3 Å². The number of aryl methyl sites for hydroxylation is 2. The molecule has 7 nitrogen and oxygen atoms in total. The molecule has 218 valence electrons. The summed E-state index contributed by atoms with van der Waals surface area (Å²) >= 11 is 0. The first-order valence-electron chi connectivity index (χ1n) is 15.1. The van der Waals surface area contributed by atoms with Crippen LogP contribution in [0.15, 0.2) is 47.3 Å². The molecule has 2 aromatic carbocycles. The van der Waals surface area contributed by atoms with Gasteiger partial charge in [0.15, 0.2) is 0 Å². The Balaban J connectivity index is 1.47. The number of carbonyl (C=O) groups excluding carboxylic acids is 1. The smallest absolute Gasteiger partial charge is 0.253 e. The summed E-state index contributed by atoms with van der Waals surface area (Å²) in [5.74, 6) is -0.169. The summed E-state index contributed by atoms with van der Waals surface area (Å²) < 4.78 is 0. The SMILES string of the molecule is CCN(c1cc(-c2ccc(CN3CC(O)C3)cc2)cc(C(=O)NCc2c(C)cc(C)[nH]c2=O)c1C)C1CCCCC1. The number of nitrogens with zero attached hydrogens (tertiary/aromatic N) is 2. The Morgan fingerprint density at radius 3 is 2.37 bits per heavy atom. The second kappa shape index (κ2) is 12.6. The van der Waals surface area contributed by atoms with Crippen molar-refractivity contribution in [2.75, 3.05) is 24.5 Å². The molecule has 0 radical (unpaired) electrons. The molecule has 0 unspecified atom stereocenters. The first-order valence-corrected chi connectivity index (χ1v) is 15.1. The molecule has 2 fully saturated rings. The van der Waals surface area contributed by atoms with Gasteiger partial charge in [-0.2, -0.15) is 0 Å². The van der Waals surface area contributed by atoms with Gasteiger partial charge in [-0.3, -0.25) is 14.5 Å². The predicted molar refractivity (Wildman–Crippen MR) is 165 cm³/mol. The van der Waals surface area contributed by atoms with Gasteiger partial charge in [0.1, 0.15) is 0 Å². The Bertz CT molecular complexity index is 1430. The van der Waals surface area contributed by atoms with Crippen LogP contribution in [-0.4, -0.2) is 52.7 Å². The van der Waals surface area contributed by atoms with E-state index in [4.69, 9.17) is 0 Å². The number of aliphatic hydroxyl groups excluding tert-OH is 1. The molecule has 41 heavy (non-hydrogen) atoms. The zero-order valence-corrected chi connectivity index (χ0v) is 24.9. The molecule has 2 aliphatic rings. The molecule has 1 aromatic heterocycles. The average molecular weight is 557 g/mol. The second-order valence-corrected chi connectivity index (χ2v) is 11.9. The highest BCUT2D eigenvalue weighted by atomic mass is 16.3. The van der Waals surface area contributed by atoms with Crippen LogP contribution in [0.4, 0.5) is 5.69 Å². The summed E-state index contributed by atoms with van der Waals surface area (Å²) in [6.07, 6.45) is 5.92. The fourth-order valence-electron chi connectivity index (χ4n) is 6.52. The van der Waals surface area contributed by atoms with Gasteiger partial charge in [-0.15, -0.1) is 0 Å². The molecule has 1 saturated heterocycles. The van der Waals surface area contributed by atoms with Crippen molar-refractivity contribution in [1.29, 1.82) is 0 Å². The Kier molecular flexibility index (Phi) is 8.95. The van der Waals surface area contributed by atoms with E-state index in [0.29, 0.717) is 17.2 Å². The third-order valence-electron chi connectivity index (χ3n) is 8.84. The fraction of sp³-hybridized carbons (Fsp3) is 0.471. The lowest BCUT2D eigenvalue weighted by Gasteiger charge is -2.37. The number of rotatable bonds is 9. The lowest BCUT2D eigenvalue weighted by molar-refractivity contribution is -0.00286. The van der Waals surface area contributed by atoms with Gasteiger partial charge < -0.3 is 20.3 Å². The molecular formula is C34H44N4O3. The fourth-order valence-corrected chi connectivity index (χ4v) is 6.52. The minimum atomic E-state index is -0.205. The van der Waals surface area contributed by atoms with Gasteiger partial charge >= 0.3 is 0 Å². The number of amides is 1. The summed E-state index contributed by atoms with van der Waals surface area (Å²) in [6.45, 7) is 11.4. The minimum Gasteiger partial charge on any atom is -0.390 e. The van der Waals surface area contributed by atoms with Crippen molar-refractivity contribution in [3.8, 4) is 11.1 Å². The van der Waals surface area contributed by atoms with E-state index in [1.54, 1.807) is 0 Å². The molecule has 0 atom stereocenters. The van der Waals surface area contributed by atoms with E-state index in [9.17, 15) is 14.7 Å². The van der Waals surface area contributed by atoms with Crippen LogP contribution in [0.1, 0.15) is 77.3 Å². The number of hydrogen-bond donors (Lipinski definition) is 3. The van der Waals surface area contributed by atoms with Gasteiger partial charge in [-0.25, -0.2) is 0 Å². The Hall–Kier alpha value is -3.42. The first-order chi connectivity index (χ1) is 19.7. The number of H-pyrrole nitrogens is 1. The zero-order valence-electron chi connectivity index (χ0n) is 24.9. The maximum atomic E-state index is 13.7. The van der Waals surface area contributed by atoms with E-state index < -0.39 is 0 Å². The maximum absolute atomic E-state index is 13.7. The molecule has 3 aromatic rings. The van der Waals surface area contributed by atoms with Crippen LogP contribution in [0.25, 0.3) is 11.1 Å². The first kappa shape index (κ1) is 29.1. The van der Waals surface area contributed by atoms with Crippen LogP contribution in [0, 0.1) is 20.8 Å². The summed E-state index contributed by atoms with van der Waals surface area (Å²) in [5.41, 5.74) is 8.14. The molecule has 5 rings (SSSR count). The summed E-state index contributed by atoms with van der Waals surface area (Å²) in [4.78, 5) is 33.9. The molecule has 1 saturated carbocycles. The Morgan fingerprint density at radius 2 is 1.73 bits per heavy atom. The van der Waals surface area contributed by atoms with Crippen LogP contribution in [-0.2, 0) is 13.1 Å². The third kappa shape index (κ3) is 6.57. The number of β-amino-alcohol motifs (C(OH)–C–C–N with tert-alkyl or cyclic N) is 1. The van der Waals surface area contributed by atoms with E-state index in [-0.39, 0.29) is 24.1 Å². The normalized spacial score (nSPS) is 16.4. The quantitative estimate of drug-likeness (QED) is 0.336. The highest BCUT2D eigenvalue weighted by Gasteiger charge is 2.26. The molecule has 1 amide bonds. The lowest BCUT2D eigenvalue weighted by atomic mass is 9.91. The number of aliphatic hydroxyl groups is 1. The van der Waals surface area contributed by atoms with Crippen molar-refractivity contribution in [3.63, 3.8) is 0 Å². The maximum Gasteiger partial charge on any atom is 0.253 e. The van der Waals surface area contributed by atoms with E-state index in [1.165, 1.54) is 37.7 Å². The number of anilines is 1. The third-order valence-corrected chi connectivity index (χ3v) is 8.84. The molecule has 0 bridgehead atoms. The van der Waals surface area contributed by atoms with Crippen molar-refractivity contribution in [2.45, 2.75) is 85.0 Å². The lowest BCUT2D eigenvalue weighted by Crippen LogP contribution is -2.49. The monoisotopic (exact) mass is 556 g/mol. The van der Waals surface area contributed by atoms with Gasteiger partial charge in [-0.05, 0) is 86.6 Å². The standard InChI is InChI=1S/C34H44N4O3/c1-5-38(28-9-7-6-8-10-28)32-17-27(26-13-11-25(12-14-26)19-37-20-29(39)21-37)16-30(24(32)4)33(40)35-18-31-22(2)15-23(3)36-34(31)41/h11-17,28-29,39H,5-10,18-21H2,1-4H3,(H,35,40)(H,36,41). The van der Waals surface area contributed by atoms with E-state index >= 15 is 0 Å². The van der Waals surface area contributed by atoms with E-state index in [2.05, 4.69) is 57.4 Å². The second-order valence-electron chi connectivity index (χ2n) is 11.9. The van der Waals surface area contributed by atoms with Crippen LogP contribution in [0.5, 0.6) is 0 Å². The van der Waals surface area contributed by atoms with Crippen molar-refractivity contribution in [2.24, 2.45) is 0 Å². The topological polar surface area (TPSA) is 88.7 Å². The molecule has 3 N–H and O–H groups in total. The summed E-state index contributed by atoms with van der Waals surface area (Å²) in [5, 5.41) is 12.7. The Morgan fingerprint density at radius 1 is 1.02 bits per heavy atom. The van der Waals surface area contributed by atoms with Crippen LogP contribution >= 0.6 is 0 Å². The number of aromatic nitrogens is 1. The van der Waals surface area contributed by atoms with Crippen molar-refractivity contribution in [1.82, 2.24) is 15.2 Å². The number of likely N-dealkylation sites (tertiary alicyclic amines) is 1. The van der Waals surface area contributed by atoms with Gasteiger partial charge in [0.25, 0.3) is 11.5 Å².